The molecule has 0 spiro atoms. The van der Waals surface area contributed by atoms with Crippen molar-refractivity contribution in [2.24, 2.45) is 0 Å². The molecule has 1 aliphatic carbocycles. The minimum absolute atomic E-state index is 0.0792. The Bertz CT molecular complexity index is 420. The van der Waals surface area contributed by atoms with Crippen LogP contribution in [0.5, 0.6) is 5.75 Å². The second-order valence-corrected chi connectivity index (χ2v) is 5.12. The van der Waals surface area contributed by atoms with Gasteiger partial charge in [0.05, 0.1) is 12.2 Å². The molecule has 4 heteroatoms. The molecule has 2 unspecified atom stereocenters. The van der Waals surface area contributed by atoms with Crippen molar-refractivity contribution < 1.29 is 19.0 Å². The van der Waals surface area contributed by atoms with Gasteiger partial charge in [0.15, 0.2) is 0 Å². The molecule has 0 saturated heterocycles. The first-order valence-electron chi connectivity index (χ1n) is 6.77. The van der Waals surface area contributed by atoms with E-state index in [0.29, 0.717) is 11.3 Å². The number of halogens is 1. The highest BCUT2D eigenvalue weighted by Crippen LogP contribution is 2.27. The molecule has 1 aromatic rings. The summed E-state index contributed by atoms with van der Waals surface area (Å²) >= 11 is 0. The van der Waals surface area contributed by atoms with Crippen molar-refractivity contribution in [2.45, 2.75) is 50.9 Å². The first-order chi connectivity index (χ1) is 9.10. The average molecular weight is 268 g/mol. The monoisotopic (exact) mass is 268 g/mol. The molecular formula is C15H21FO3. The lowest BCUT2D eigenvalue weighted by Crippen LogP contribution is -2.29. The van der Waals surface area contributed by atoms with E-state index in [2.05, 4.69) is 0 Å². The molecule has 2 rings (SSSR count). The Balaban J connectivity index is 2.01. The fourth-order valence-corrected chi connectivity index (χ4v) is 2.54. The molecule has 0 bridgehead atoms. The van der Waals surface area contributed by atoms with E-state index in [1.54, 1.807) is 26.2 Å². The second-order valence-electron chi connectivity index (χ2n) is 5.12. The van der Waals surface area contributed by atoms with Crippen molar-refractivity contribution in [3.63, 3.8) is 0 Å². The maximum absolute atomic E-state index is 13.7. The molecule has 19 heavy (non-hydrogen) atoms. The first kappa shape index (κ1) is 14.3. The summed E-state index contributed by atoms with van der Waals surface area (Å²) in [6, 6.07) is 4.63. The van der Waals surface area contributed by atoms with E-state index in [1.807, 2.05) is 0 Å². The van der Waals surface area contributed by atoms with Crippen LogP contribution in [-0.2, 0) is 4.74 Å². The number of rotatable bonds is 4. The van der Waals surface area contributed by atoms with Crippen molar-refractivity contribution in [3.8, 4) is 5.75 Å². The molecule has 0 amide bonds. The average Bonchev–Trinajstić information content (AvgIpc) is 2.38. The zero-order valence-corrected chi connectivity index (χ0v) is 11.4. The summed E-state index contributed by atoms with van der Waals surface area (Å²) < 4.78 is 24.9. The minimum atomic E-state index is -0.804. The Labute approximate surface area is 113 Å². The van der Waals surface area contributed by atoms with Gasteiger partial charge in [0.2, 0.25) is 0 Å². The second kappa shape index (κ2) is 6.35. The van der Waals surface area contributed by atoms with Gasteiger partial charge in [-0.3, -0.25) is 0 Å². The molecular weight excluding hydrogens is 247 g/mol. The summed E-state index contributed by atoms with van der Waals surface area (Å²) in [6.07, 6.45) is 3.45. The SMILES string of the molecule is COC1CCCC(Oc2ccc([C@@H](C)O)c(F)c2)C1. The van der Waals surface area contributed by atoms with E-state index in [9.17, 15) is 9.50 Å². The van der Waals surface area contributed by atoms with Crippen LogP contribution in [0.15, 0.2) is 18.2 Å². The molecule has 1 saturated carbocycles. The lowest BCUT2D eigenvalue weighted by molar-refractivity contribution is 0.0208. The maximum atomic E-state index is 13.7. The third kappa shape index (κ3) is 3.67. The van der Waals surface area contributed by atoms with Gasteiger partial charge in [-0.1, -0.05) is 0 Å². The largest absolute Gasteiger partial charge is 0.490 e. The number of methoxy groups -OCH3 is 1. The van der Waals surface area contributed by atoms with Gasteiger partial charge in [-0.15, -0.1) is 0 Å². The molecule has 0 aromatic heterocycles. The molecule has 0 aliphatic heterocycles. The summed E-state index contributed by atoms with van der Waals surface area (Å²) in [5.41, 5.74) is 0.297. The van der Waals surface area contributed by atoms with Crippen LogP contribution in [0, 0.1) is 5.82 Å². The first-order valence-corrected chi connectivity index (χ1v) is 6.77. The molecule has 0 heterocycles. The number of hydrogen-bond donors (Lipinski definition) is 1. The van der Waals surface area contributed by atoms with Gasteiger partial charge in [0.1, 0.15) is 17.7 Å². The predicted octanol–water partition coefficient (Wildman–Crippen LogP) is 3.22. The smallest absolute Gasteiger partial charge is 0.132 e. The third-order valence-electron chi connectivity index (χ3n) is 3.64. The van der Waals surface area contributed by atoms with E-state index in [0.717, 1.165) is 25.7 Å². The van der Waals surface area contributed by atoms with E-state index >= 15 is 0 Å². The summed E-state index contributed by atoms with van der Waals surface area (Å²) in [6.45, 7) is 1.54. The molecule has 106 valence electrons. The third-order valence-corrected chi connectivity index (χ3v) is 3.64. The minimum Gasteiger partial charge on any atom is -0.490 e. The number of hydrogen-bond acceptors (Lipinski definition) is 3. The summed E-state index contributed by atoms with van der Waals surface area (Å²) in [7, 11) is 1.71. The maximum Gasteiger partial charge on any atom is 0.132 e. The Hall–Kier alpha value is -1.13. The van der Waals surface area contributed by atoms with Crippen LogP contribution in [0.4, 0.5) is 4.39 Å². The molecule has 1 aromatic carbocycles. The molecule has 1 fully saturated rings. The Morgan fingerprint density at radius 3 is 2.68 bits per heavy atom. The Morgan fingerprint density at radius 1 is 1.32 bits per heavy atom. The summed E-state index contributed by atoms with van der Waals surface area (Å²) in [5.74, 6) is 0.0928. The van der Waals surface area contributed by atoms with Crippen molar-refractivity contribution in [2.75, 3.05) is 7.11 Å². The van der Waals surface area contributed by atoms with Crippen LogP contribution in [0.1, 0.15) is 44.3 Å². The summed E-state index contributed by atoms with van der Waals surface area (Å²) in [5, 5.41) is 9.39. The van der Waals surface area contributed by atoms with Crippen LogP contribution in [0.2, 0.25) is 0 Å². The lowest BCUT2D eigenvalue weighted by Gasteiger charge is -2.28. The zero-order valence-electron chi connectivity index (χ0n) is 11.4. The van der Waals surface area contributed by atoms with E-state index in [4.69, 9.17) is 9.47 Å². The summed E-state index contributed by atoms with van der Waals surface area (Å²) in [4.78, 5) is 0. The van der Waals surface area contributed by atoms with Crippen LogP contribution < -0.4 is 4.74 Å². The number of benzene rings is 1. The highest BCUT2D eigenvalue weighted by atomic mass is 19.1. The van der Waals surface area contributed by atoms with Gasteiger partial charge in [0.25, 0.3) is 0 Å². The van der Waals surface area contributed by atoms with Crippen molar-refractivity contribution >= 4 is 0 Å². The zero-order chi connectivity index (χ0) is 13.8. The normalized spacial score (nSPS) is 25.1. The van der Waals surface area contributed by atoms with E-state index in [-0.39, 0.29) is 12.2 Å². The molecule has 1 N–H and O–H groups in total. The Kier molecular flexibility index (Phi) is 4.77. The van der Waals surface area contributed by atoms with Crippen LogP contribution in [0.25, 0.3) is 0 Å². The lowest BCUT2D eigenvalue weighted by atomic mass is 9.95. The van der Waals surface area contributed by atoms with E-state index in [1.165, 1.54) is 6.07 Å². The topological polar surface area (TPSA) is 38.7 Å². The van der Waals surface area contributed by atoms with Gasteiger partial charge in [0, 0.05) is 25.2 Å². The van der Waals surface area contributed by atoms with Crippen LogP contribution in [0.3, 0.4) is 0 Å². The highest BCUT2D eigenvalue weighted by Gasteiger charge is 2.23. The van der Waals surface area contributed by atoms with Gasteiger partial charge in [-0.2, -0.15) is 0 Å². The number of ether oxygens (including phenoxy) is 2. The van der Waals surface area contributed by atoms with Crippen molar-refractivity contribution in [3.05, 3.63) is 29.6 Å². The van der Waals surface area contributed by atoms with Gasteiger partial charge in [-0.25, -0.2) is 4.39 Å². The fourth-order valence-electron chi connectivity index (χ4n) is 2.54. The Morgan fingerprint density at radius 2 is 2.05 bits per heavy atom. The van der Waals surface area contributed by atoms with Gasteiger partial charge < -0.3 is 14.6 Å². The van der Waals surface area contributed by atoms with Crippen molar-refractivity contribution in [1.29, 1.82) is 0 Å². The van der Waals surface area contributed by atoms with E-state index < -0.39 is 11.9 Å². The fraction of sp³-hybridized carbons (Fsp3) is 0.600. The quantitative estimate of drug-likeness (QED) is 0.911. The molecule has 3 nitrogen and oxygen atoms in total. The number of aliphatic hydroxyl groups excluding tert-OH is 1. The van der Waals surface area contributed by atoms with Gasteiger partial charge in [-0.05, 0) is 38.3 Å². The standard InChI is InChI=1S/C15H21FO3/c1-10(17)14-7-6-13(9-15(14)16)19-12-5-3-4-11(8-12)18-2/h6-7,9-12,17H,3-5,8H2,1-2H3/t10-,11?,12?/m1/s1. The molecule has 1 aliphatic rings. The number of aliphatic hydroxyl groups is 1. The van der Waals surface area contributed by atoms with Crippen LogP contribution >= 0.6 is 0 Å². The molecule has 3 atom stereocenters. The highest BCUT2D eigenvalue weighted by molar-refractivity contribution is 5.30. The predicted molar refractivity (Wildman–Crippen MR) is 70.7 cm³/mol. The van der Waals surface area contributed by atoms with Crippen LogP contribution in [-0.4, -0.2) is 24.4 Å². The molecule has 0 radical (unpaired) electrons. The van der Waals surface area contributed by atoms with Crippen molar-refractivity contribution in [1.82, 2.24) is 0 Å². The van der Waals surface area contributed by atoms with Gasteiger partial charge >= 0.3 is 0 Å².